The molecule has 22 heavy (non-hydrogen) atoms. The number of carbonyl (C=O) groups excluding carboxylic acids is 2. The molecule has 2 rings (SSSR count). The number of hydrogen-bond donors (Lipinski definition) is 2. The van der Waals surface area contributed by atoms with Crippen LogP contribution in [0, 0.1) is 0 Å². The zero-order valence-electron chi connectivity index (χ0n) is 12.6. The molecule has 1 atom stereocenters. The molecule has 2 amide bonds. The van der Waals surface area contributed by atoms with Crippen molar-refractivity contribution < 1.29 is 23.8 Å². The second kappa shape index (κ2) is 6.76. The van der Waals surface area contributed by atoms with Gasteiger partial charge in [-0.05, 0) is 32.0 Å². The summed E-state index contributed by atoms with van der Waals surface area (Å²) < 4.78 is 16.3. The Labute approximate surface area is 128 Å². The molecule has 120 valence electrons. The molecule has 1 aliphatic heterocycles. The van der Waals surface area contributed by atoms with Gasteiger partial charge in [0.05, 0.1) is 24.9 Å². The third-order valence-electron chi connectivity index (χ3n) is 3.11. The topological polar surface area (TPSA) is 99.9 Å². The molecule has 0 bridgehead atoms. The first-order valence-corrected chi connectivity index (χ1v) is 7.01. The Morgan fingerprint density at radius 3 is 2.86 bits per heavy atom. The number of anilines is 1. The minimum Gasteiger partial charge on any atom is -0.462 e. The standard InChI is InChI=1S/C15H20N2O5/c1-15(2)21-9-12(22-15)6-7-20-13(18)10-4-3-5-11(8-10)17-14(16)19/h3-5,8,12H,6-7,9H2,1-2H3,(H3,16,17,19). The second-order valence-corrected chi connectivity index (χ2v) is 5.45. The van der Waals surface area contributed by atoms with Crippen molar-refractivity contribution in [2.45, 2.75) is 32.2 Å². The molecule has 0 radical (unpaired) electrons. The van der Waals surface area contributed by atoms with Crippen molar-refractivity contribution in [3.63, 3.8) is 0 Å². The largest absolute Gasteiger partial charge is 0.462 e. The van der Waals surface area contributed by atoms with E-state index >= 15 is 0 Å². The van der Waals surface area contributed by atoms with Crippen molar-refractivity contribution in [2.24, 2.45) is 5.73 Å². The van der Waals surface area contributed by atoms with E-state index in [1.165, 1.54) is 6.07 Å². The first kappa shape index (κ1) is 16.3. The highest BCUT2D eigenvalue weighted by molar-refractivity contribution is 5.93. The lowest BCUT2D eigenvalue weighted by Crippen LogP contribution is -2.22. The van der Waals surface area contributed by atoms with E-state index in [0.29, 0.717) is 24.3 Å². The number of nitrogens with one attached hydrogen (secondary N) is 1. The summed E-state index contributed by atoms with van der Waals surface area (Å²) >= 11 is 0. The van der Waals surface area contributed by atoms with Gasteiger partial charge in [-0.15, -0.1) is 0 Å². The van der Waals surface area contributed by atoms with Crippen molar-refractivity contribution >= 4 is 17.7 Å². The van der Waals surface area contributed by atoms with E-state index in [0.717, 1.165) is 0 Å². The van der Waals surface area contributed by atoms with Crippen LogP contribution >= 0.6 is 0 Å². The van der Waals surface area contributed by atoms with Crippen LogP contribution in [0.3, 0.4) is 0 Å². The lowest BCUT2D eigenvalue weighted by atomic mass is 10.2. The van der Waals surface area contributed by atoms with E-state index in [-0.39, 0.29) is 12.7 Å². The maximum absolute atomic E-state index is 11.9. The predicted octanol–water partition coefficient (Wildman–Crippen LogP) is 1.88. The van der Waals surface area contributed by atoms with Gasteiger partial charge in [-0.1, -0.05) is 6.07 Å². The van der Waals surface area contributed by atoms with E-state index in [4.69, 9.17) is 19.9 Å². The number of hydrogen-bond acceptors (Lipinski definition) is 5. The molecular formula is C15H20N2O5. The number of nitrogens with two attached hydrogens (primary N) is 1. The summed E-state index contributed by atoms with van der Waals surface area (Å²) in [4.78, 5) is 22.7. The molecule has 7 heteroatoms. The summed E-state index contributed by atoms with van der Waals surface area (Å²) in [6.45, 7) is 4.41. The van der Waals surface area contributed by atoms with Gasteiger partial charge in [-0.25, -0.2) is 9.59 Å². The van der Waals surface area contributed by atoms with Crippen LogP contribution in [0.1, 0.15) is 30.6 Å². The molecule has 3 N–H and O–H groups in total. The van der Waals surface area contributed by atoms with Crippen LogP contribution in [0.4, 0.5) is 10.5 Å². The fourth-order valence-electron chi connectivity index (χ4n) is 2.14. The van der Waals surface area contributed by atoms with Crippen LogP contribution in [0.2, 0.25) is 0 Å². The van der Waals surface area contributed by atoms with E-state index < -0.39 is 17.8 Å². The van der Waals surface area contributed by atoms with Gasteiger partial charge in [0.25, 0.3) is 0 Å². The van der Waals surface area contributed by atoms with E-state index in [9.17, 15) is 9.59 Å². The van der Waals surface area contributed by atoms with Crippen LogP contribution in [0.15, 0.2) is 24.3 Å². The molecule has 0 aliphatic carbocycles. The first-order valence-electron chi connectivity index (χ1n) is 7.01. The molecule has 1 fully saturated rings. The molecule has 1 aromatic carbocycles. The second-order valence-electron chi connectivity index (χ2n) is 5.45. The Morgan fingerprint density at radius 1 is 1.45 bits per heavy atom. The van der Waals surface area contributed by atoms with Crippen LogP contribution in [0.25, 0.3) is 0 Å². The summed E-state index contributed by atoms with van der Waals surface area (Å²) in [5, 5.41) is 2.40. The zero-order chi connectivity index (χ0) is 16.2. The Hall–Kier alpha value is -2.12. The number of esters is 1. The normalized spacial score (nSPS) is 19.6. The highest BCUT2D eigenvalue weighted by Crippen LogP contribution is 2.24. The van der Waals surface area contributed by atoms with Crippen molar-refractivity contribution in [1.82, 2.24) is 0 Å². The van der Waals surface area contributed by atoms with E-state index in [2.05, 4.69) is 5.32 Å². The van der Waals surface area contributed by atoms with Crippen molar-refractivity contribution in [3.8, 4) is 0 Å². The Balaban J connectivity index is 1.81. The van der Waals surface area contributed by atoms with Crippen LogP contribution in [0.5, 0.6) is 0 Å². The summed E-state index contributed by atoms with van der Waals surface area (Å²) in [5.41, 5.74) is 5.81. The summed E-state index contributed by atoms with van der Waals surface area (Å²) in [7, 11) is 0. The Bertz CT molecular complexity index is 559. The van der Waals surface area contributed by atoms with Gasteiger partial charge < -0.3 is 25.3 Å². The quantitative estimate of drug-likeness (QED) is 0.809. The number of urea groups is 1. The van der Waals surface area contributed by atoms with Crippen LogP contribution < -0.4 is 11.1 Å². The zero-order valence-corrected chi connectivity index (χ0v) is 12.6. The van der Waals surface area contributed by atoms with Gasteiger partial charge in [0.15, 0.2) is 5.79 Å². The number of carbonyl (C=O) groups is 2. The first-order chi connectivity index (χ1) is 10.4. The van der Waals surface area contributed by atoms with Gasteiger partial charge in [-0.2, -0.15) is 0 Å². The van der Waals surface area contributed by atoms with Crippen molar-refractivity contribution in [3.05, 3.63) is 29.8 Å². The van der Waals surface area contributed by atoms with Gasteiger partial charge in [-0.3, -0.25) is 0 Å². The SMILES string of the molecule is CC1(C)OCC(CCOC(=O)c2cccc(NC(N)=O)c2)O1. The van der Waals surface area contributed by atoms with E-state index in [1.54, 1.807) is 18.2 Å². The number of primary amides is 1. The number of rotatable bonds is 5. The molecule has 1 saturated heterocycles. The molecule has 1 aromatic rings. The highest BCUT2D eigenvalue weighted by Gasteiger charge is 2.32. The van der Waals surface area contributed by atoms with Crippen molar-refractivity contribution in [1.29, 1.82) is 0 Å². The van der Waals surface area contributed by atoms with Gasteiger partial charge >= 0.3 is 12.0 Å². The highest BCUT2D eigenvalue weighted by atomic mass is 16.7. The summed E-state index contributed by atoms with van der Waals surface area (Å²) in [6.07, 6.45) is 0.486. The minimum atomic E-state index is -0.688. The summed E-state index contributed by atoms with van der Waals surface area (Å²) in [5.74, 6) is -1.05. The molecule has 0 aromatic heterocycles. The molecule has 1 aliphatic rings. The predicted molar refractivity (Wildman–Crippen MR) is 79.5 cm³/mol. The number of amides is 2. The number of benzene rings is 1. The summed E-state index contributed by atoms with van der Waals surface area (Å²) in [6, 6.07) is 5.69. The lowest BCUT2D eigenvalue weighted by molar-refractivity contribution is -0.139. The van der Waals surface area contributed by atoms with Gasteiger partial charge in [0.2, 0.25) is 0 Å². The van der Waals surface area contributed by atoms with E-state index in [1.807, 2.05) is 13.8 Å². The molecule has 1 heterocycles. The average Bonchev–Trinajstić information content (AvgIpc) is 2.77. The molecular weight excluding hydrogens is 288 g/mol. The molecule has 0 spiro atoms. The van der Waals surface area contributed by atoms with Crippen LogP contribution in [-0.4, -0.2) is 37.1 Å². The lowest BCUT2D eigenvalue weighted by Gasteiger charge is -2.17. The average molecular weight is 308 g/mol. The Kier molecular flexibility index (Phi) is 4.99. The monoisotopic (exact) mass is 308 g/mol. The van der Waals surface area contributed by atoms with Crippen LogP contribution in [-0.2, 0) is 14.2 Å². The third kappa shape index (κ3) is 4.71. The third-order valence-corrected chi connectivity index (χ3v) is 3.11. The smallest absolute Gasteiger partial charge is 0.338 e. The fourth-order valence-corrected chi connectivity index (χ4v) is 2.14. The van der Waals surface area contributed by atoms with Gasteiger partial charge in [0, 0.05) is 12.1 Å². The number of ether oxygens (including phenoxy) is 3. The fraction of sp³-hybridized carbons (Fsp3) is 0.467. The molecule has 0 saturated carbocycles. The maximum Gasteiger partial charge on any atom is 0.338 e. The molecule has 7 nitrogen and oxygen atoms in total. The van der Waals surface area contributed by atoms with Crippen molar-refractivity contribution in [2.75, 3.05) is 18.5 Å². The molecule has 1 unspecified atom stereocenters. The maximum atomic E-state index is 11.9. The Morgan fingerprint density at radius 2 is 2.23 bits per heavy atom. The minimum absolute atomic E-state index is 0.0781. The van der Waals surface area contributed by atoms with Gasteiger partial charge in [0.1, 0.15) is 0 Å².